The minimum absolute atomic E-state index is 0.0572. The molecule has 2 N–H and O–H groups in total. The van der Waals surface area contributed by atoms with Gasteiger partial charge in [0.05, 0.1) is 10.5 Å². The number of rotatable bonds is 8. The molecule has 3 aromatic rings. The van der Waals surface area contributed by atoms with Crippen LogP contribution in [-0.2, 0) is 10.0 Å². The smallest absolute Gasteiger partial charge is 0.240 e. The molecule has 150 valence electrons. The molecule has 7 heteroatoms. The number of ketones is 1. The fourth-order valence-electron chi connectivity index (χ4n) is 2.68. The van der Waals surface area contributed by atoms with Crippen LogP contribution >= 0.6 is 0 Å². The molecule has 3 rings (SSSR count). The number of phenols is 1. The normalized spacial score (nSPS) is 11.2. The largest absolute Gasteiger partial charge is 0.507 e. The van der Waals surface area contributed by atoms with Gasteiger partial charge in [0.1, 0.15) is 18.1 Å². The van der Waals surface area contributed by atoms with Crippen LogP contribution in [0.3, 0.4) is 0 Å². The monoisotopic (exact) mass is 411 g/mol. The van der Waals surface area contributed by atoms with E-state index in [0.29, 0.717) is 11.3 Å². The third-order valence-corrected chi connectivity index (χ3v) is 5.72. The predicted molar refractivity (Wildman–Crippen MR) is 110 cm³/mol. The number of carbonyl (C=O) groups excluding carboxylic acids is 1. The number of hydrogen-bond donors (Lipinski definition) is 2. The average molecular weight is 411 g/mol. The third-order valence-electron chi connectivity index (χ3n) is 4.24. The van der Waals surface area contributed by atoms with Crippen LogP contribution in [0.2, 0.25) is 0 Å². The summed E-state index contributed by atoms with van der Waals surface area (Å²) in [6.07, 6.45) is 0. The van der Waals surface area contributed by atoms with Crippen molar-refractivity contribution in [3.8, 4) is 11.5 Å². The molecule has 0 aliphatic carbocycles. The van der Waals surface area contributed by atoms with Gasteiger partial charge in [-0.1, -0.05) is 48.0 Å². The highest BCUT2D eigenvalue weighted by molar-refractivity contribution is 7.89. The summed E-state index contributed by atoms with van der Waals surface area (Å²) in [5, 5.41) is 10.2. The standard InChI is InChI=1S/C22H21NO5S/c1-16-7-10-19(11-8-16)29(26,27)23-13-14-28-18-9-12-20(21(24)15-18)22(25)17-5-3-2-4-6-17/h2-12,15,23-24H,13-14H2,1H3. The van der Waals surface area contributed by atoms with E-state index in [2.05, 4.69) is 4.72 Å². The van der Waals surface area contributed by atoms with E-state index in [9.17, 15) is 18.3 Å². The van der Waals surface area contributed by atoms with E-state index in [1.165, 1.54) is 12.1 Å². The Morgan fingerprint density at radius 1 is 1.00 bits per heavy atom. The van der Waals surface area contributed by atoms with Gasteiger partial charge >= 0.3 is 0 Å². The highest BCUT2D eigenvalue weighted by Gasteiger charge is 2.15. The van der Waals surface area contributed by atoms with Gasteiger partial charge in [-0.15, -0.1) is 0 Å². The first-order valence-electron chi connectivity index (χ1n) is 8.99. The van der Waals surface area contributed by atoms with Crippen molar-refractivity contribution < 1.29 is 23.1 Å². The van der Waals surface area contributed by atoms with Gasteiger partial charge in [0, 0.05) is 18.2 Å². The minimum Gasteiger partial charge on any atom is -0.507 e. The Labute approximate surface area is 169 Å². The molecule has 0 bridgehead atoms. The molecular formula is C22H21NO5S. The Hall–Kier alpha value is -3.16. The molecule has 29 heavy (non-hydrogen) atoms. The molecule has 0 fully saturated rings. The van der Waals surface area contributed by atoms with Crippen molar-refractivity contribution in [1.82, 2.24) is 4.72 Å². The second kappa shape index (κ2) is 8.89. The van der Waals surface area contributed by atoms with Gasteiger partial charge in [0.15, 0.2) is 5.78 Å². The van der Waals surface area contributed by atoms with Crippen molar-refractivity contribution in [3.05, 3.63) is 89.5 Å². The molecular weight excluding hydrogens is 390 g/mol. The maximum Gasteiger partial charge on any atom is 0.240 e. The van der Waals surface area contributed by atoms with E-state index in [1.54, 1.807) is 60.7 Å². The highest BCUT2D eigenvalue weighted by Crippen LogP contribution is 2.25. The van der Waals surface area contributed by atoms with Crippen molar-refractivity contribution in [1.29, 1.82) is 0 Å². The molecule has 0 spiro atoms. The fourth-order valence-corrected chi connectivity index (χ4v) is 3.70. The van der Waals surface area contributed by atoms with E-state index in [-0.39, 0.29) is 35.1 Å². The van der Waals surface area contributed by atoms with Gasteiger partial charge < -0.3 is 9.84 Å². The summed E-state index contributed by atoms with van der Waals surface area (Å²) in [6, 6.07) is 19.6. The summed E-state index contributed by atoms with van der Waals surface area (Å²) >= 11 is 0. The second-order valence-electron chi connectivity index (χ2n) is 6.43. The van der Waals surface area contributed by atoms with Gasteiger partial charge in [-0.05, 0) is 31.2 Å². The van der Waals surface area contributed by atoms with Crippen LogP contribution in [0.25, 0.3) is 0 Å². The number of phenolic OH excluding ortho intramolecular Hbond substituents is 1. The maximum absolute atomic E-state index is 12.4. The topological polar surface area (TPSA) is 92.7 Å². The Morgan fingerprint density at radius 2 is 1.69 bits per heavy atom. The van der Waals surface area contributed by atoms with Crippen molar-refractivity contribution >= 4 is 15.8 Å². The lowest BCUT2D eigenvalue weighted by atomic mass is 10.0. The van der Waals surface area contributed by atoms with E-state index < -0.39 is 10.0 Å². The van der Waals surface area contributed by atoms with E-state index in [0.717, 1.165) is 5.56 Å². The Balaban J connectivity index is 1.57. The van der Waals surface area contributed by atoms with Crippen molar-refractivity contribution in [3.63, 3.8) is 0 Å². The van der Waals surface area contributed by atoms with Gasteiger partial charge in [-0.3, -0.25) is 4.79 Å². The molecule has 0 radical (unpaired) electrons. The number of hydrogen-bond acceptors (Lipinski definition) is 5. The molecule has 0 aromatic heterocycles. The summed E-state index contributed by atoms with van der Waals surface area (Å²) in [5.41, 5.74) is 1.62. The summed E-state index contributed by atoms with van der Waals surface area (Å²) in [6.45, 7) is 2.00. The van der Waals surface area contributed by atoms with Gasteiger partial charge in [0.2, 0.25) is 10.0 Å². The number of aromatic hydroxyl groups is 1. The zero-order chi connectivity index (χ0) is 20.9. The Kier molecular flexibility index (Phi) is 6.31. The molecule has 0 aliphatic heterocycles. The zero-order valence-corrected chi connectivity index (χ0v) is 16.6. The van der Waals surface area contributed by atoms with E-state index >= 15 is 0 Å². The van der Waals surface area contributed by atoms with Crippen molar-refractivity contribution in [2.75, 3.05) is 13.2 Å². The van der Waals surface area contributed by atoms with Crippen LogP contribution in [0.4, 0.5) is 0 Å². The highest BCUT2D eigenvalue weighted by atomic mass is 32.2. The van der Waals surface area contributed by atoms with Crippen LogP contribution in [0.15, 0.2) is 77.7 Å². The molecule has 0 saturated carbocycles. The van der Waals surface area contributed by atoms with Crippen LogP contribution in [0.5, 0.6) is 11.5 Å². The van der Waals surface area contributed by atoms with Gasteiger partial charge in [-0.25, -0.2) is 13.1 Å². The van der Waals surface area contributed by atoms with Gasteiger partial charge in [-0.2, -0.15) is 0 Å². The summed E-state index contributed by atoms with van der Waals surface area (Å²) in [4.78, 5) is 12.6. The molecule has 3 aromatic carbocycles. The van der Waals surface area contributed by atoms with Crippen molar-refractivity contribution in [2.45, 2.75) is 11.8 Å². The quantitative estimate of drug-likeness (QED) is 0.438. The Morgan fingerprint density at radius 3 is 2.34 bits per heavy atom. The molecule has 0 aliphatic rings. The minimum atomic E-state index is -3.61. The second-order valence-corrected chi connectivity index (χ2v) is 8.20. The average Bonchev–Trinajstić information content (AvgIpc) is 2.72. The molecule has 0 heterocycles. The lowest BCUT2D eigenvalue weighted by Crippen LogP contribution is -2.28. The first-order valence-corrected chi connectivity index (χ1v) is 10.5. The van der Waals surface area contributed by atoms with E-state index in [4.69, 9.17) is 4.74 Å². The third kappa shape index (κ3) is 5.22. The van der Waals surface area contributed by atoms with Crippen LogP contribution in [0, 0.1) is 6.92 Å². The maximum atomic E-state index is 12.4. The van der Waals surface area contributed by atoms with Crippen LogP contribution in [0.1, 0.15) is 21.5 Å². The van der Waals surface area contributed by atoms with Crippen molar-refractivity contribution in [2.24, 2.45) is 0 Å². The number of carbonyl (C=O) groups is 1. The zero-order valence-electron chi connectivity index (χ0n) is 15.8. The summed E-state index contributed by atoms with van der Waals surface area (Å²) < 4.78 is 32.4. The fraction of sp³-hybridized carbons (Fsp3) is 0.136. The summed E-state index contributed by atoms with van der Waals surface area (Å²) in [5.74, 6) is -0.154. The number of nitrogens with one attached hydrogen (secondary N) is 1. The molecule has 6 nitrogen and oxygen atoms in total. The lowest BCUT2D eigenvalue weighted by Gasteiger charge is -2.10. The number of benzene rings is 3. The SMILES string of the molecule is Cc1ccc(S(=O)(=O)NCCOc2ccc(C(=O)c3ccccc3)c(O)c2)cc1. The number of sulfonamides is 1. The van der Waals surface area contributed by atoms with Crippen LogP contribution < -0.4 is 9.46 Å². The lowest BCUT2D eigenvalue weighted by molar-refractivity contribution is 0.103. The number of aryl methyl sites for hydroxylation is 1. The molecule has 0 saturated heterocycles. The first kappa shape index (κ1) is 20.6. The summed E-state index contributed by atoms with van der Waals surface area (Å²) in [7, 11) is -3.61. The van der Waals surface area contributed by atoms with Gasteiger partial charge in [0.25, 0.3) is 0 Å². The number of ether oxygens (including phenoxy) is 1. The Bertz CT molecular complexity index is 1090. The molecule has 0 amide bonds. The first-order chi connectivity index (χ1) is 13.9. The van der Waals surface area contributed by atoms with Crippen LogP contribution in [-0.4, -0.2) is 32.5 Å². The molecule has 0 unspecified atom stereocenters. The van der Waals surface area contributed by atoms with E-state index in [1.807, 2.05) is 6.92 Å². The molecule has 0 atom stereocenters. The predicted octanol–water partition coefficient (Wildman–Crippen LogP) is 3.29.